The van der Waals surface area contributed by atoms with Gasteiger partial charge in [0.15, 0.2) is 5.96 Å². The van der Waals surface area contributed by atoms with Crippen molar-refractivity contribution in [2.75, 3.05) is 23.7 Å². The zero-order chi connectivity index (χ0) is 14.9. The van der Waals surface area contributed by atoms with E-state index in [4.69, 9.17) is 5.73 Å². The number of nitrogens with two attached hydrogens (primary N) is 1. The molecule has 0 spiro atoms. The van der Waals surface area contributed by atoms with Crippen LogP contribution in [0.15, 0.2) is 59.6 Å². The molecular weight excluding hydrogens is 267 g/mol. The molecule has 0 heterocycles. The van der Waals surface area contributed by atoms with Gasteiger partial charge in [0, 0.05) is 24.5 Å². The summed E-state index contributed by atoms with van der Waals surface area (Å²) < 4.78 is 13.0. The lowest BCUT2D eigenvalue weighted by molar-refractivity contribution is 0.628. The van der Waals surface area contributed by atoms with Gasteiger partial charge in [-0.15, -0.1) is 0 Å². The minimum atomic E-state index is -0.241. The molecule has 2 aromatic rings. The number of para-hydroxylation sites is 1. The Kier molecular flexibility index (Phi) is 5.58. The van der Waals surface area contributed by atoms with Crippen LogP contribution in [0.3, 0.4) is 0 Å². The van der Waals surface area contributed by atoms with Crippen LogP contribution < -0.4 is 16.4 Å². The van der Waals surface area contributed by atoms with Gasteiger partial charge in [0.2, 0.25) is 0 Å². The van der Waals surface area contributed by atoms with Gasteiger partial charge >= 0.3 is 0 Å². The Labute approximate surface area is 123 Å². The Hall–Kier alpha value is -2.56. The lowest BCUT2D eigenvalue weighted by Gasteiger charge is -2.06. The van der Waals surface area contributed by atoms with Crippen LogP contribution in [0.25, 0.3) is 0 Å². The first kappa shape index (κ1) is 14.8. The van der Waals surface area contributed by atoms with E-state index >= 15 is 0 Å². The van der Waals surface area contributed by atoms with Gasteiger partial charge in [0.1, 0.15) is 5.82 Å². The van der Waals surface area contributed by atoms with Crippen molar-refractivity contribution < 1.29 is 4.39 Å². The highest BCUT2D eigenvalue weighted by Crippen LogP contribution is 2.08. The van der Waals surface area contributed by atoms with Crippen LogP contribution in [0.1, 0.15) is 6.42 Å². The summed E-state index contributed by atoms with van der Waals surface area (Å²) >= 11 is 0. The number of nitrogens with one attached hydrogen (secondary N) is 2. The first-order chi connectivity index (χ1) is 10.2. The first-order valence-corrected chi connectivity index (χ1v) is 6.85. The fourth-order valence-corrected chi connectivity index (χ4v) is 1.82. The van der Waals surface area contributed by atoms with E-state index < -0.39 is 0 Å². The number of nitrogens with zero attached hydrogens (tertiary/aromatic N) is 1. The number of aliphatic imine (C=N–C) groups is 1. The fourth-order valence-electron chi connectivity index (χ4n) is 1.82. The van der Waals surface area contributed by atoms with Crippen LogP contribution >= 0.6 is 0 Å². The second kappa shape index (κ2) is 7.89. The molecule has 21 heavy (non-hydrogen) atoms. The topological polar surface area (TPSA) is 62.4 Å². The number of guanidine groups is 1. The Morgan fingerprint density at radius 2 is 1.81 bits per heavy atom. The molecule has 110 valence electrons. The summed E-state index contributed by atoms with van der Waals surface area (Å²) in [4.78, 5) is 4.24. The van der Waals surface area contributed by atoms with Gasteiger partial charge in [-0.05, 0) is 36.8 Å². The lowest BCUT2D eigenvalue weighted by atomic mass is 10.3. The van der Waals surface area contributed by atoms with E-state index in [0.29, 0.717) is 19.0 Å². The van der Waals surface area contributed by atoms with Gasteiger partial charge in [-0.2, -0.15) is 0 Å². The maximum atomic E-state index is 13.0. The zero-order valence-electron chi connectivity index (χ0n) is 11.7. The van der Waals surface area contributed by atoms with E-state index in [9.17, 15) is 4.39 Å². The number of hydrogen-bond acceptors (Lipinski definition) is 2. The number of benzene rings is 2. The van der Waals surface area contributed by atoms with Crippen LogP contribution in [0, 0.1) is 5.82 Å². The number of hydrogen-bond donors (Lipinski definition) is 3. The Bertz CT molecular complexity index is 584. The summed E-state index contributed by atoms with van der Waals surface area (Å²) in [6.07, 6.45) is 0.813. The summed E-state index contributed by atoms with van der Waals surface area (Å²) in [5.74, 6) is 0.154. The van der Waals surface area contributed by atoms with Crippen LogP contribution in [0.4, 0.5) is 15.8 Å². The SMILES string of the molecule is NC(=NCCCNc1cccc(F)c1)Nc1ccccc1. The van der Waals surface area contributed by atoms with Crippen LogP contribution in [0.2, 0.25) is 0 Å². The van der Waals surface area contributed by atoms with Gasteiger partial charge < -0.3 is 16.4 Å². The molecule has 0 aromatic heterocycles. The van der Waals surface area contributed by atoms with Gasteiger partial charge in [0.25, 0.3) is 0 Å². The number of rotatable bonds is 6. The second-order valence-corrected chi connectivity index (χ2v) is 4.55. The standard InChI is InChI=1S/C16H19FN4/c17-13-6-4-9-15(12-13)19-10-5-11-20-16(18)21-14-7-2-1-3-8-14/h1-4,6-9,12,19H,5,10-11H2,(H3,18,20,21). The largest absolute Gasteiger partial charge is 0.385 e. The van der Waals surface area contributed by atoms with Gasteiger partial charge in [-0.3, -0.25) is 4.99 Å². The molecule has 0 fully saturated rings. The molecule has 2 aromatic carbocycles. The van der Waals surface area contributed by atoms with Crippen molar-refractivity contribution >= 4 is 17.3 Å². The smallest absolute Gasteiger partial charge is 0.193 e. The summed E-state index contributed by atoms with van der Waals surface area (Å²) in [6, 6.07) is 16.0. The third kappa shape index (κ3) is 5.52. The lowest BCUT2D eigenvalue weighted by Crippen LogP contribution is -2.23. The quantitative estimate of drug-likeness (QED) is 0.434. The van der Waals surface area contributed by atoms with Crippen molar-refractivity contribution in [1.82, 2.24) is 0 Å². The van der Waals surface area contributed by atoms with Gasteiger partial charge in [-0.1, -0.05) is 24.3 Å². The molecule has 0 aliphatic carbocycles. The van der Waals surface area contributed by atoms with E-state index in [1.807, 2.05) is 36.4 Å². The van der Waals surface area contributed by atoms with E-state index in [1.165, 1.54) is 12.1 Å². The molecule has 0 atom stereocenters. The monoisotopic (exact) mass is 286 g/mol. The van der Waals surface area contributed by atoms with E-state index in [0.717, 1.165) is 17.8 Å². The van der Waals surface area contributed by atoms with Crippen LogP contribution in [-0.4, -0.2) is 19.0 Å². The molecule has 0 aliphatic heterocycles. The van der Waals surface area contributed by atoms with E-state index in [2.05, 4.69) is 15.6 Å². The number of anilines is 2. The van der Waals surface area contributed by atoms with Crippen molar-refractivity contribution in [3.63, 3.8) is 0 Å². The number of halogens is 1. The molecule has 4 N–H and O–H groups in total. The third-order valence-electron chi connectivity index (χ3n) is 2.82. The highest BCUT2D eigenvalue weighted by Gasteiger charge is 1.95. The second-order valence-electron chi connectivity index (χ2n) is 4.55. The molecule has 5 heteroatoms. The molecule has 0 radical (unpaired) electrons. The third-order valence-corrected chi connectivity index (χ3v) is 2.82. The van der Waals surface area contributed by atoms with Crippen molar-refractivity contribution in [3.8, 4) is 0 Å². The zero-order valence-corrected chi connectivity index (χ0v) is 11.7. The summed E-state index contributed by atoms with van der Waals surface area (Å²) in [6.45, 7) is 1.32. The van der Waals surface area contributed by atoms with Crippen molar-refractivity contribution in [2.24, 2.45) is 10.7 Å². The predicted molar refractivity (Wildman–Crippen MR) is 86.1 cm³/mol. The van der Waals surface area contributed by atoms with Crippen molar-refractivity contribution in [2.45, 2.75) is 6.42 Å². The molecule has 0 amide bonds. The van der Waals surface area contributed by atoms with Crippen molar-refractivity contribution in [1.29, 1.82) is 0 Å². The minimum Gasteiger partial charge on any atom is -0.385 e. The molecule has 0 unspecified atom stereocenters. The van der Waals surface area contributed by atoms with Gasteiger partial charge in [-0.25, -0.2) is 4.39 Å². The molecule has 4 nitrogen and oxygen atoms in total. The Balaban J connectivity index is 1.68. The summed E-state index contributed by atoms with van der Waals surface area (Å²) in [7, 11) is 0. The molecule has 0 bridgehead atoms. The minimum absolute atomic E-state index is 0.241. The maximum absolute atomic E-state index is 13.0. The molecule has 2 rings (SSSR count). The summed E-state index contributed by atoms with van der Waals surface area (Å²) in [5.41, 5.74) is 7.47. The predicted octanol–water partition coefficient (Wildman–Crippen LogP) is 3.05. The highest BCUT2D eigenvalue weighted by atomic mass is 19.1. The van der Waals surface area contributed by atoms with Crippen LogP contribution in [0.5, 0.6) is 0 Å². The average molecular weight is 286 g/mol. The first-order valence-electron chi connectivity index (χ1n) is 6.85. The Morgan fingerprint density at radius 3 is 2.57 bits per heavy atom. The fraction of sp³-hybridized carbons (Fsp3) is 0.188. The summed E-state index contributed by atoms with van der Waals surface area (Å²) in [5, 5.41) is 6.15. The van der Waals surface area contributed by atoms with Crippen molar-refractivity contribution in [3.05, 3.63) is 60.4 Å². The highest BCUT2D eigenvalue weighted by molar-refractivity contribution is 5.92. The maximum Gasteiger partial charge on any atom is 0.193 e. The molecule has 0 saturated heterocycles. The molecular formula is C16H19FN4. The van der Waals surface area contributed by atoms with E-state index in [1.54, 1.807) is 6.07 Å². The molecule has 0 saturated carbocycles. The molecule has 0 aliphatic rings. The van der Waals surface area contributed by atoms with Crippen LogP contribution in [-0.2, 0) is 0 Å². The normalized spacial score (nSPS) is 11.2. The average Bonchev–Trinajstić information content (AvgIpc) is 2.48. The Morgan fingerprint density at radius 1 is 1.05 bits per heavy atom. The van der Waals surface area contributed by atoms with Gasteiger partial charge in [0.05, 0.1) is 0 Å². The van der Waals surface area contributed by atoms with E-state index in [-0.39, 0.29) is 5.82 Å².